The van der Waals surface area contributed by atoms with E-state index in [1.165, 1.54) is 0 Å². The zero-order chi connectivity index (χ0) is 12.6. The summed E-state index contributed by atoms with van der Waals surface area (Å²) in [6, 6.07) is 0. The van der Waals surface area contributed by atoms with Crippen LogP contribution in [0.3, 0.4) is 0 Å². The number of methoxy groups -OCH3 is 1. The van der Waals surface area contributed by atoms with E-state index in [0.717, 1.165) is 19.6 Å². The van der Waals surface area contributed by atoms with Crippen LogP contribution in [-0.2, 0) is 4.74 Å². The van der Waals surface area contributed by atoms with Gasteiger partial charge in [-0.3, -0.25) is 0 Å². The molecule has 0 aromatic carbocycles. The molecule has 96 valence electrons. The minimum Gasteiger partial charge on any atom is -0.409 e. The molecule has 1 unspecified atom stereocenters. The summed E-state index contributed by atoms with van der Waals surface area (Å²) in [7, 11) is 1.71. The molecule has 16 heavy (non-hydrogen) atoms. The summed E-state index contributed by atoms with van der Waals surface area (Å²) in [6.07, 6.45) is 0.783. The summed E-state index contributed by atoms with van der Waals surface area (Å²) in [5.74, 6) is 0.871. The first-order valence-corrected chi connectivity index (χ1v) is 5.71. The second-order valence-electron chi connectivity index (χ2n) is 4.54. The van der Waals surface area contributed by atoms with Crippen LogP contribution in [0.1, 0.15) is 27.2 Å². The highest BCUT2D eigenvalue weighted by atomic mass is 16.5. The normalized spacial score (nSPS) is 14.8. The van der Waals surface area contributed by atoms with Gasteiger partial charge in [0, 0.05) is 33.2 Å². The lowest BCUT2D eigenvalue weighted by molar-refractivity contribution is 0.0737. The van der Waals surface area contributed by atoms with Gasteiger partial charge in [0.05, 0.1) is 6.10 Å². The van der Waals surface area contributed by atoms with Crippen molar-refractivity contribution in [3.63, 3.8) is 0 Å². The van der Waals surface area contributed by atoms with E-state index in [2.05, 4.69) is 23.9 Å². The van der Waals surface area contributed by atoms with E-state index in [0.29, 0.717) is 12.3 Å². The fraction of sp³-hybridized carbons (Fsp3) is 0.909. The van der Waals surface area contributed by atoms with Gasteiger partial charge in [0.15, 0.2) is 0 Å². The van der Waals surface area contributed by atoms with Crippen LogP contribution >= 0.6 is 0 Å². The molecule has 0 saturated carbocycles. The zero-order valence-electron chi connectivity index (χ0n) is 10.8. The van der Waals surface area contributed by atoms with E-state index in [1.54, 1.807) is 7.11 Å². The molecule has 0 spiro atoms. The largest absolute Gasteiger partial charge is 0.409 e. The second-order valence-corrected chi connectivity index (χ2v) is 4.54. The molecule has 0 aliphatic heterocycles. The molecule has 0 aromatic heterocycles. The van der Waals surface area contributed by atoms with E-state index in [4.69, 9.17) is 15.7 Å². The van der Waals surface area contributed by atoms with Gasteiger partial charge in [-0.1, -0.05) is 19.0 Å². The first-order chi connectivity index (χ1) is 7.49. The van der Waals surface area contributed by atoms with Gasteiger partial charge in [0.25, 0.3) is 0 Å². The fourth-order valence-electron chi connectivity index (χ4n) is 1.53. The third-order valence-electron chi connectivity index (χ3n) is 2.35. The van der Waals surface area contributed by atoms with E-state index < -0.39 is 0 Å². The van der Waals surface area contributed by atoms with Gasteiger partial charge in [-0.05, 0) is 12.8 Å². The zero-order valence-corrected chi connectivity index (χ0v) is 10.8. The Morgan fingerprint density at radius 1 is 1.38 bits per heavy atom. The lowest BCUT2D eigenvalue weighted by Crippen LogP contribution is -2.37. The monoisotopic (exact) mass is 231 g/mol. The van der Waals surface area contributed by atoms with Crippen LogP contribution < -0.4 is 5.73 Å². The quantitative estimate of drug-likeness (QED) is 0.284. The molecule has 0 rings (SSSR count). The summed E-state index contributed by atoms with van der Waals surface area (Å²) >= 11 is 0. The molecule has 5 nitrogen and oxygen atoms in total. The van der Waals surface area contributed by atoms with E-state index in [9.17, 15) is 0 Å². The topological polar surface area (TPSA) is 71.1 Å². The van der Waals surface area contributed by atoms with Crippen molar-refractivity contribution in [1.82, 2.24) is 4.90 Å². The maximum absolute atomic E-state index is 8.48. The summed E-state index contributed by atoms with van der Waals surface area (Å²) in [4.78, 5) is 2.27. The molecule has 0 amide bonds. The average molecular weight is 231 g/mol. The van der Waals surface area contributed by atoms with Gasteiger partial charge >= 0.3 is 0 Å². The SMILES string of the molecule is COC(C)CN(CCC(N)=NO)CC(C)C. The first kappa shape index (κ1) is 15.2. The van der Waals surface area contributed by atoms with Crippen molar-refractivity contribution in [2.75, 3.05) is 26.7 Å². The Balaban J connectivity index is 4.09. The third-order valence-corrected chi connectivity index (χ3v) is 2.35. The van der Waals surface area contributed by atoms with Crippen molar-refractivity contribution in [3.05, 3.63) is 0 Å². The molecule has 5 heteroatoms. The van der Waals surface area contributed by atoms with Crippen molar-refractivity contribution in [2.24, 2.45) is 16.8 Å². The minimum atomic E-state index is 0.200. The van der Waals surface area contributed by atoms with Crippen molar-refractivity contribution in [2.45, 2.75) is 33.3 Å². The number of rotatable bonds is 8. The molecule has 0 bridgehead atoms. The minimum absolute atomic E-state index is 0.200. The summed E-state index contributed by atoms with van der Waals surface area (Å²) < 4.78 is 5.24. The predicted molar refractivity (Wildman–Crippen MR) is 65.8 cm³/mol. The van der Waals surface area contributed by atoms with Crippen LogP contribution in [0.5, 0.6) is 0 Å². The number of hydrogen-bond donors (Lipinski definition) is 2. The van der Waals surface area contributed by atoms with Gasteiger partial charge in [-0.25, -0.2) is 0 Å². The molecule has 0 heterocycles. The molecule has 0 radical (unpaired) electrons. The van der Waals surface area contributed by atoms with Gasteiger partial charge in [-0.2, -0.15) is 0 Å². The molecular weight excluding hydrogens is 206 g/mol. The third kappa shape index (κ3) is 7.48. The molecule has 0 saturated heterocycles. The maximum atomic E-state index is 8.48. The predicted octanol–water partition coefficient (Wildman–Crippen LogP) is 1.12. The number of amidine groups is 1. The average Bonchev–Trinajstić information content (AvgIpc) is 2.24. The van der Waals surface area contributed by atoms with Crippen LogP contribution in [0.15, 0.2) is 5.16 Å². The number of hydrogen-bond acceptors (Lipinski definition) is 4. The lowest BCUT2D eigenvalue weighted by atomic mass is 10.2. The molecule has 0 fully saturated rings. The van der Waals surface area contributed by atoms with Crippen LogP contribution in [0, 0.1) is 5.92 Å². The van der Waals surface area contributed by atoms with Crippen LogP contribution in [0.4, 0.5) is 0 Å². The fourth-order valence-corrected chi connectivity index (χ4v) is 1.53. The van der Waals surface area contributed by atoms with Crippen molar-refractivity contribution >= 4 is 5.84 Å². The number of nitrogens with two attached hydrogens (primary N) is 1. The smallest absolute Gasteiger partial charge is 0.140 e. The van der Waals surface area contributed by atoms with Gasteiger partial charge in [-0.15, -0.1) is 0 Å². The standard InChI is InChI=1S/C11H25N3O2/c1-9(2)7-14(8-10(3)16-4)6-5-11(12)13-15/h9-10,15H,5-8H2,1-4H3,(H2,12,13). The Labute approximate surface area is 98.2 Å². The molecule has 0 aliphatic rings. The van der Waals surface area contributed by atoms with Crippen LogP contribution in [-0.4, -0.2) is 48.8 Å². The molecule has 0 aliphatic carbocycles. The van der Waals surface area contributed by atoms with Crippen molar-refractivity contribution in [1.29, 1.82) is 0 Å². The first-order valence-electron chi connectivity index (χ1n) is 5.71. The Morgan fingerprint density at radius 3 is 2.44 bits per heavy atom. The van der Waals surface area contributed by atoms with E-state index >= 15 is 0 Å². The summed E-state index contributed by atoms with van der Waals surface area (Å²) in [5.41, 5.74) is 5.46. The summed E-state index contributed by atoms with van der Waals surface area (Å²) in [5, 5.41) is 11.5. The highest BCUT2D eigenvalue weighted by molar-refractivity contribution is 5.79. The van der Waals surface area contributed by atoms with Crippen molar-refractivity contribution < 1.29 is 9.94 Å². The highest BCUT2D eigenvalue weighted by Crippen LogP contribution is 2.03. The Hall–Kier alpha value is -0.810. The Morgan fingerprint density at radius 2 is 2.00 bits per heavy atom. The summed E-state index contributed by atoms with van der Waals surface area (Å²) in [6.45, 7) is 9.04. The van der Waals surface area contributed by atoms with E-state index in [-0.39, 0.29) is 11.9 Å². The van der Waals surface area contributed by atoms with Crippen LogP contribution in [0.2, 0.25) is 0 Å². The lowest BCUT2D eigenvalue weighted by Gasteiger charge is -2.26. The highest BCUT2D eigenvalue weighted by Gasteiger charge is 2.11. The number of oxime groups is 1. The van der Waals surface area contributed by atoms with Crippen molar-refractivity contribution in [3.8, 4) is 0 Å². The number of nitrogens with zero attached hydrogens (tertiary/aromatic N) is 2. The maximum Gasteiger partial charge on any atom is 0.140 e. The van der Waals surface area contributed by atoms with Gasteiger partial charge in [0.1, 0.15) is 5.84 Å². The van der Waals surface area contributed by atoms with E-state index in [1.807, 2.05) is 6.92 Å². The molecule has 0 aromatic rings. The molecule has 1 atom stereocenters. The van der Waals surface area contributed by atoms with Crippen LogP contribution in [0.25, 0.3) is 0 Å². The van der Waals surface area contributed by atoms with Gasteiger partial charge in [0.2, 0.25) is 0 Å². The molecular formula is C11H25N3O2. The number of ether oxygens (including phenoxy) is 1. The Kier molecular flexibility index (Phi) is 7.93. The molecule has 3 N–H and O–H groups in total. The van der Waals surface area contributed by atoms with Gasteiger partial charge < -0.3 is 20.6 Å². The second kappa shape index (κ2) is 8.35. The Bertz CT molecular complexity index is 207.